The lowest BCUT2D eigenvalue weighted by molar-refractivity contribution is 0.398. The Morgan fingerprint density at radius 2 is 1.31 bits per heavy atom. The topological polar surface area (TPSA) is 52.5 Å². The van der Waals surface area contributed by atoms with Gasteiger partial charge in [-0.25, -0.2) is 0 Å². The summed E-state index contributed by atoms with van der Waals surface area (Å²) in [4.78, 5) is 0. The van der Waals surface area contributed by atoms with Gasteiger partial charge < -0.3 is 15.4 Å². The summed E-state index contributed by atoms with van der Waals surface area (Å²) in [5.74, 6) is 0. The Bertz CT molecular complexity index is 134. The molecular weight excluding hydrogens is 201 g/mol. The fourth-order valence-electron chi connectivity index (χ4n) is 1.79. The van der Waals surface area contributed by atoms with Crippen LogP contribution in [0.3, 0.4) is 0 Å². The minimum atomic E-state index is -1.21. The van der Waals surface area contributed by atoms with Gasteiger partial charge in [0.15, 0.2) is 0 Å². The number of nitrogens with one attached hydrogen (secondary N) is 1. The van der Waals surface area contributed by atoms with E-state index in [4.69, 9.17) is 10.0 Å². The molecule has 0 saturated heterocycles. The summed E-state index contributed by atoms with van der Waals surface area (Å²) in [5.41, 5.74) is 0. The Kier molecular flexibility index (Phi) is 13.0. The van der Waals surface area contributed by atoms with E-state index in [1.807, 2.05) is 0 Å². The zero-order valence-corrected chi connectivity index (χ0v) is 10.7. The van der Waals surface area contributed by atoms with E-state index in [1.165, 1.54) is 51.4 Å². The Hall–Kier alpha value is -0.0551. The molecule has 0 aliphatic heterocycles. The van der Waals surface area contributed by atoms with Crippen LogP contribution in [0.25, 0.3) is 0 Å². The van der Waals surface area contributed by atoms with Gasteiger partial charge in [-0.1, -0.05) is 58.3 Å². The molecule has 4 heteroatoms. The van der Waals surface area contributed by atoms with E-state index in [0.29, 0.717) is 0 Å². The monoisotopic (exact) mass is 229 g/mol. The van der Waals surface area contributed by atoms with Crippen molar-refractivity contribution >= 4 is 7.12 Å². The minimum Gasteiger partial charge on any atom is -0.426 e. The van der Waals surface area contributed by atoms with Gasteiger partial charge in [0.1, 0.15) is 0 Å². The molecule has 0 unspecified atom stereocenters. The van der Waals surface area contributed by atoms with Crippen LogP contribution in [0.4, 0.5) is 0 Å². The molecule has 0 saturated carbocycles. The van der Waals surface area contributed by atoms with Crippen LogP contribution in [-0.4, -0.2) is 30.2 Å². The number of hydrogen-bond donors (Lipinski definition) is 3. The summed E-state index contributed by atoms with van der Waals surface area (Å²) in [6.45, 7) is 3.14. The molecule has 96 valence electrons. The van der Waals surface area contributed by atoms with Crippen molar-refractivity contribution in [3.63, 3.8) is 0 Å². The van der Waals surface area contributed by atoms with E-state index in [2.05, 4.69) is 12.2 Å². The van der Waals surface area contributed by atoms with Crippen molar-refractivity contribution < 1.29 is 10.0 Å². The highest BCUT2D eigenvalue weighted by Gasteiger charge is 2.03. The van der Waals surface area contributed by atoms with Crippen molar-refractivity contribution in [3.8, 4) is 0 Å². The highest BCUT2D eigenvalue weighted by atomic mass is 16.4. The Balaban J connectivity index is 2.88. The third kappa shape index (κ3) is 13.9. The number of rotatable bonds is 12. The average Bonchev–Trinajstić information content (AvgIpc) is 2.25. The molecule has 0 fully saturated rings. The van der Waals surface area contributed by atoms with E-state index in [0.717, 1.165) is 13.0 Å². The lowest BCUT2D eigenvalue weighted by Gasteiger charge is -2.04. The predicted octanol–water partition coefficient (Wildman–Crippen LogP) is 2.12. The average molecular weight is 229 g/mol. The standard InChI is InChI=1S/C12H28BNO2/c1-2-3-4-5-6-7-8-9-10-11-14-12-13(15)16/h14-16H,2-12H2,1H3. The second-order valence-corrected chi connectivity index (χ2v) is 4.51. The number of unbranched alkanes of at least 4 members (excludes halogenated alkanes) is 8. The van der Waals surface area contributed by atoms with Gasteiger partial charge in [-0.15, -0.1) is 0 Å². The molecule has 0 aromatic rings. The van der Waals surface area contributed by atoms with Crippen molar-refractivity contribution in [1.29, 1.82) is 0 Å². The van der Waals surface area contributed by atoms with Crippen LogP contribution < -0.4 is 5.32 Å². The van der Waals surface area contributed by atoms with Gasteiger partial charge >= 0.3 is 7.12 Å². The molecule has 0 spiro atoms. The summed E-state index contributed by atoms with van der Waals surface area (Å²) in [7, 11) is -1.21. The van der Waals surface area contributed by atoms with Crippen molar-refractivity contribution in [2.45, 2.75) is 64.7 Å². The highest BCUT2D eigenvalue weighted by molar-refractivity contribution is 6.41. The summed E-state index contributed by atoms with van der Waals surface area (Å²) < 4.78 is 0. The van der Waals surface area contributed by atoms with Crippen molar-refractivity contribution in [2.75, 3.05) is 13.0 Å². The first-order valence-electron chi connectivity index (χ1n) is 6.84. The zero-order chi connectivity index (χ0) is 12.1. The van der Waals surface area contributed by atoms with Crippen molar-refractivity contribution in [1.82, 2.24) is 5.32 Å². The Morgan fingerprint density at radius 1 is 0.812 bits per heavy atom. The molecule has 0 aliphatic rings. The van der Waals surface area contributed by atoms with Gasteiger partial charge in [-0.3, -0.25) is 0 Å². The molecule has 0 heterocycles. The van der Waals surface area contributed by atoms with E-state index in [1.54, 1.807) is 0 Å². The lowest BCUT2D eigenvalue weighted by Crippen LogP contribution is -2.31. The molecule has 0 radical (unpaired) electrons. The molecule has 16 heavy (non-hydrogen) atoms. The third-order valence-electron chi connectivity index (χ3n) is 2.78. The van der Waals surface area contributed by atoms with Crippen molar-refractivity contribution in [3.05, 3.63) is 0 Å². The van der Waals surface area contributed by atoms with Crippen LogP contribution in [-0.2, 0) is 0 Å². The van der Waals surface area contributed by atoms with E-state index >= 15 is 0 Å². The maximum absolute atomic E-state index is 8.59. The summed E-state index contributed by atoms with van der Waals surface area (Å²) in [5, 5.41) is 20.2. The fraction of sp³-hybridized carbons (Fsp3) is 1.00. The second-order valence-electron chi connectivity index (χ2n) is 4.51. The van der Waals surface area contributed by atoms with Gasteiger partial charge in [0.25, 0.3) is 0 Å². The lowest BCUT2D eigenvalue weighted by atomic mass is 9.92. The molecule has 0 aliphatic carbocycles. The predicted molar refractivity (Wildman–Crippen MR) is 70.3 cm³/mol. The minimum absolute atomic E-state index is 0.289. The first-order chi connectivity index (χ1) is 7.77. The van der Waals surface area contributed by atoms with Crippen LogP contribution in [0.15, 0.2) is 0 Å². The number of hydrogen-bond acceptors (Lipinski definition) is 3. The normalized spacial score (nSPS) is 10.7. The Morgan fingerprint density at radius 3 is 1.81 bits per heavy atom. The summed E-state index contributed by atoms with van der Waals surface area (Å²) in [6.07, 6.45) is 12.2. The van der Waals surface area contributed by atoms with Gasteiger partial charge in [0, 0.05) is 6.44 Å². The summed E-state index contributed by atoms with van der Waals surface area (Å²) in [6, 6.07) is 0. The molecule has 0 bridgehead atoms. The second kappa shape index (κ2) is 13.0. The molecule has 0 amide bonds. The molecule has 0 atom stereocenters. The van der Waals surface area contributed by atoms with Crippen LogP contribution in [0.1, 0.15) is 64.7 Å². The smallest absolute Gasteiger partial charge is 0.426 e. The maximum atomic E-state index is 8.59. The molecule has 0 aromatic heterocycles. The molecule has 3 nitrogen and oxygen atoms in total. The van der Waals surface area contributed by atoms with Crippen LogP contribution in [0.2, 0.25) is 0 Å². The molecule has 3 N–H and O–H groups in total. The van der Waals surface area contributed by atoms with E-state index < -0.39 is 7.12 Å². The molecular formula is C12H28BNO2. The van der Waals surface area contributed by atoms with Crippen LogP contribution in [0, 0.1) is 0 Å². The quantitative estimate of drug-likeness (QED) is 0.355. The van der Waals surface area contributed by atoms with E-state index in [9.17, 15) is 0 Å². The first kappa shape index (κ1) is 15.9. The summed E-state index contributed by atoms with van der Waals surface area (Å²) >= 11 is 0. The van der Waals surface area contributed by atoms with E-state index in [-0.39, 0.29) is 6.44 Å². The Labute approximate surface area is 101 Å². The van der Waals surface area contributed by atoms with Gasteiger partial charge in [-0.2, -0.15) is 0 Å². The maximum Gasteiger partial charge on any atom is 0.466 e. The van der Waals surface area contributed by atoms with Crippen LogP contribution >= 0.6 is 0 Å². The SMILES string of the molecule is CCCCCCCCCCCNCB(O)O. The van der Waals surface area contributed by atoms with Gasteiger partial charge in [-0.05, 0) is 13.0 Å². The van der Waals surface area contributed by atoms with Crippen molar-refractivity contribution in [2.24, 2.45) is 0 Å². The highest BCUT2D eigenvalue weighted by Crippen LogP contribution is 2.08. The molecule has 0 aromatic carbocycles. The molecule has 0 rings (SSSR count). The third-order valence-corrected chi connectivity index (χ3v) is 2.78. The van der Waals surface area contributed by atoms with Crippen LogP contribution in [0.5, 0.6) is 0 Å². The van der Waals surface area contributed by atoms with Gasteiger partial charge in [0.2, 0.25) is 0 Å². The largest absolute Gasteiger partial charge is 0.466 e. The zero-order valence-electron chi connectivity index (χ0n) is 10.7. The first-order valence-corrected chi connectivity index (χ1v) is 6.84. The van der Waals surface area contributed by atoms with Gasteiger partial charge in [0.05, 0.1) is 0 Å². The fourth-order valence-corrected chi connectivity index (χ4v) is 1.79.